The maximum atomic E-state index is 13.1. The van der Waals surface area contributed by atoms with E-state index in [0.717, 1.165) is 21.8 Å². The van der Waals surface area contributed by atoms with Crippen LogP contribution < -0.4 is 10.0 Å². The highest BCUT2D eigenvalue weighted by atomic mass is 32.2. The molecule has 1 aromatic carbocycles. The van der Waals surface area contributed by atoms with Gasteiger partial charge in [0.1, 0.15) is 17.4 Å². The highest BCUT2D eigenvalue weighted by Gasteiger charge is 2.24. The summed E-state index contributed by atoms with van der Waals surface area (Å²) in [5.41, 5.74) is 3.33. The lowest BCUT2D eigenvalue weighted by Crippen LogP contribution is -2.31. The van der Waals surface area contributed by atoms with E-state index in [1.54, 1.807) is 41.7 Å². The molecule has 186 valence electrons. The fraction of sp³-hybridized carbons (Fsp3) is 0.200. The Kier molecular flexibility index (Phi) is 7.73. The number of sulfonamides is 1. The molecule has 3 aromatic heterocycles. The van der Waals surface area contributed by atoms with Crippen LogP contribution in [0.1, 0.15) is 27.9 Å². The number of aryl methyl sites for hydroxylation is 2. The van der Waals surface area contributed by atoms with Gasteiger partial charge < -0.3 is 10.4 Å². The maximum absolute atomic E-state index is 13.1. The average molecular weight is 524 g/mol. The second-order valence-electron chi connectivity index (χ2n) is 8.10. The zero-order chi connectivity index (χ0) is 25.7. The summed E-state index contributed by atoms with van der Waals surface area (Å²) < 4.78 is 28.9. The molecule has 4 rings (SSSR count). The van der Waals surface area contributed by atoms with Crippen molar-refractivity contribution in [3.8, 4) is 10.6 Å². The molecule has 0 fully saturated rings. The molecule has 1 atom stereocenters. The van der Waals surface area contributed by atoms with Crippen LogP contribution in [0.5, 0.6) is 0 Å². The van der Waals surface area contributed by atoms with Crippen LogP contribution in [0.3, 0.4) is 0 Å². The summed E-state index contributed by atoms with van der Waals surface area (Å²) in [5, 5.41) is 12.5. The Hall–Kier alpha value is -3.67. The number of nitrogens with one attached hydrogen (secondary N) is 2. The van der Waals surface area contributed by atoms with Crippen LogP contribution in [0.2, 0.25) is 0 Å². The Morgan fingerprint density at radius 2 is 1.81 bits per heavy atom. The number of hydrogen-bond acceptors (Lipinski definition) is 8. The summed E-state index contributed by atoms with van der Waals surface area (Å²) in [6.45, 7) is 3.71. The van der Waals surface area contributed by atoms with Gasteiger partial charge in [-0.25, -0.2) is 28.1 Å². The number of thiazole rings is 1. The predicted octanol–water partition coefficient (Wildman–Crippen LogP) is 3.98. The number of rotatable bonds is 10. The summed E-state index contributed by atoms with van der Waals surface area (Å²) in [5.74, 6) is -0.692. The van der Waals surface area contributed by atoms with Gasteiger partial charge in [0.25, 0.3) is 10.0 Å². The molecule has 9 nitrogen and oxygen atoms in total. The van der Waals surface area contributed by atoms with Crippen molar-refractivity contribution < 1.29 is 18.3 Å². The fourth-order valence-corrected chi connectivity index (χ4v) is 5.56. The van der Waals surface area contributed by atoms with Crippen molar-refractivity contribution >= 4 is 33.1 Å². The fourth-order valence-electron chi connectivity index (χ4n) is 3.49. The highest BCUT2D eigenvalue weighted by molar-refractivity contribution is 7.89. The second-order valence-corrected chi connectivity index (χ2v) is 11.0. The van der Waals surface area contributed by atoms with E-state index in [4.69, 9.17) is 5.11 Å². The smallest absolute Gasteiger partial charge is 0.322 e. The Labute approximate surface area is 213 Å². The summed E-state index contributed by atoms with van der Waals surface area (Å²) in [6.07, 6.45) is 1.73. The zero-order valence-electron chi connectivity index (χ0n) is 19.7. The molecule has 0 aliphatic heterocycles. The maximum Gasteiger partial charge on any atom is 0.322 e. The van der Waals surface area contributed by atoms with E-state index < -0.39 is 22.0 Å². The van der Waals surface area contributed by atoms with Crippen LogP contribution in [0, 0.1) is 13.8 Å². The predicted molar refractivity (Wildman–Crippen MR) is 138 cm³/mol. The first-order chi connectivity index (χ1) is 17.2. The standard InChI is InChI=1S/C25H25N5O4S2/c1-16-17(2)35-25(28-16)19-11-9-18(10-12-19)14-21(30-36(33,34)23-8-3-4-13-26-23)20-6-5-7-22(29-20)27-15-24(31)32/h3-13,21,30H,14-15H2,1-2H3,(H,27,29)(H,31,32). The van der Waals surface area contributed by atoms with Crippen LogP contribution in [0.15, 0.2) is 71.9 Å². The molecule has 0 saturated heterocycles. The third kappa shape index (κ3) is 6.30. The number of benzene rings is 1. The number of carboxylic acid groups (broad SMARTS) is 1. The van der Waals surface area contributed by atoms with Crippen molar-refractivity contribution in [1.29, 1.82) is 0 Å². The van der Waals surface area contributed by atoms with Gasteiger partial charge in [-0.3, -0.25) is 4.79 Å². The van der Waals surface area contributed by atoms with Gasteiger partial charge in [-0.05, 0) is 50.1 Å². The lowest BCUT2D eigenvalue weighted by Gasteiger charge is -2.19. The summed E-state index contributed by atoms with van der Waals surface area (Å²) in [4.78, 5) is 25.1. The molecule has 0 bridgehead atoms. The lowest BCUT2D eigenvalue weighted by atomic mass is 10.0. The van der Waals surface area contributed by atoms with Gasteiger partial charge in [0.15, 0.2) is 5.03 Å². The number of nitrogens with zero attached hydrogens (tertiary/aromatic N) is 3. The van der Waals surface area contributed by atoms with E-state index in [2.05, 4.69) is 25.0 Å². The average Bonchev–Trinajstić information content (AvgIpc) is 3.21. The number of pyridine rings is 2. The van der Waals surface area contributed by atoms with Gasteiger partial charge in [0.2, 0.25) is 0 Å². The largest absolute Gasteiger partial charge is 0.480 e. The van der Waals surface area contributed by atoms with Gasteiger partial charge in [-0.15, -0.1) is 11.3 Å². The Morgan fingerprint density at radius 1 is 1.03 bits per heavy atom. The Bertz CT molecular complexity index is 1440. The molecular formula is C25H25N5O4S2. The molecule has 36 heavy (non-hydrogen) atoms. The van der Waals surface area contributed by atoms with Crippen molar-refractivity contribution in [3.63, 3.8) is 0 Å². The van der Waals surface area contributed by atoms with E-state index in [0.29, 0.717) is 17.9 Å². The van der Waals surface area contributed by atoms with Gasteiger partial charge in [0, 0.05) is 16.6 Å². The number of aromatic nitrogens is 3. The molecular weight excluding hydrogens is 498 g/mol. The van der Waals surface area contributed by atoms with E-state index in [1.165, 1.54) is 17.1 Å². The summed E-state index contributed by atoms with van der Waals surface area (Å²) >= 11 is 1.63. The topological polar surface area (TPSA) is 134 Å². The molecule has 1 unspecified atom stereocenters. The highest BCUT2D eigenvalue weighted by Crippen LogP contribution is 2.28. The minimum absolute atomic E-state index is 0.0972. The first kappa shape index (κ1) is 25.4. The van der Waals surface area contributed by atoms with Crippen LogP contribution in [-0.2, 0) is 21.2 Å². The third-order valence-electron chi connectivity index (χ3n) is 5.43. The van der Waals surface area contributed by atoms with Gasteiger partial charge >= 0.3 is 5.97 Å². The van der Waals surface area contributed by atoms with E-state index in [-0.39, 0.29) is 11.6 Å². The molecule has 0 radical (unpaired) electrons. The van der Waals surface area contributed by atoms with Gasteiger partial charge in [-0.1, -0.05) is 36.4 Å². The molecule has 11 heteroatoms. The molecule has 0 aliphatic carbocycles. The normalized spacial score (nSPS) is 12.3. The monoisotopic (exact) mass is 523 g/mol. The van der Waals surface area contributed by atoms with Gasteiger partial charge in [-0.2, -0.15) is 0 Å². The first-order valence-corrected chi connectivity index (χ1v) is 13.4. The lowest BCUT2D eigenvalue weighted by molar-refractivity contribution is -0.134. The molecule has 0 amide bonds. The Balaban J connectivity index is 1.63. The van der Waals surface area contributed by atoms with Crippen molar-refractivity contribution in [2.45, 2.75) is 31.3 Å². The molecule has 3 heterocycles. The Morgan fingerprint density at radius 3 is 2.44 bits per heavy atom. The number of carbonyl (C=O) groups is 1. The zero-order valence-corrected chi connectivity index (χ0v) is 21.3. The van der Waals surface area contributed by atoms with E-state index in [9.17, 15) is 13.2 Å². The van der Waals surface area contributed by atoms with Crippen LogP contribution in [0.4, 0.5) is 5.82 Å². The minimum atomic E-state index is -3.94. The van der Waals surface area contributed by atoms with Crippen molar-refractivity contribution in [2.24, 2.45) is 0 Å². The number of anilines is 1. The van der Waals surface area contributed by atoms with Crippen LogP contribution in [-0.4, -0.2) is 41.0 Å². The van der Waals surface area contributed by atoms with Crippen molar-refractivity contribution in [3.05, 3.63) is 88.7 Å². The number of aliphatic carboxylic acids is 1. The summed E-state index contributed by atoms with van der Waals surface area (Å²) in [6, 6.07) is 16.8. The van der Waals surface area contributed by atoms with Crippen LogP contribution in [0.25, 0.3) is 10.6 Å². The SMILES string of the molecule is Cc1nc(-c2ccc(CC(NS(=O)(=O)c3ccccn3)c3cccc(NCC(=O)O)n3)cc2)sc1C. The molecule has 3 N–H and O–H groups in total. The first-order valence-electron chi connectivity index (χ1n) is 11.1. The molecule has 4 aromatic rings. The van der Waals surface area contributed by atoms with Gasteiger partial charge in [0.05, 0.1) is 17.4 Å². The second kappa shape index (κ2) is 10.9. The van der Waals surface area contributed by atoms with Crippen molar-refractivity contribution in [2.75, 3.05) is 11.9 Å². The quantitative estimate of drug-likeness (QED) is 0.284. The molecule has 0 aliphatic rings. The van der Waals surface area contributed by atoms with Crippen LogP contribution >= 0.6 is 11.3 Å². The van der Waals surface area contributed by atoms with Crippen molar-refractivity contribution in [1.82, 2.24) is 19.7 Å². The van der Waals surface area contributed by atoms with E-state index >= 15 is 0 Å². The minimum Gasteiger partial charge on any atom is -0.480 e. The third-order valence-corrected chi connectivity index (χ3v) is 7.94. The number of carboxylic acids is 1. The number of hydrogen-bond donors (Lipinski definition) is 3. The van der Waals surface area contributed by atoms with E-state index in [1.807, 2.05) is 38.1 Å². The summed E-state index contributed by atoms with van der Waals surface area (Å²) in [7, 11) is -3.94. The molecule has 0 spiro atoms. The molecule has 0 saturated carbocycles.